The van der Waals surface area contributed by atoms with Gasteiger partial charge in [0.15, 0.2) is 11.6 Å². The molecule has 0 aromatic heterocycles. The Morgan fingerprint density at radius 1 is 0.852 bits per heavy atom. The summed E-state index contributed by atoms with van der Waals surface area (Å²) in [6.45, 7) is 3.69. The number of fused-ring (bicyclic) bond motifs is 1. The summed E-state index contributed by atoms with van der Waals surface area (Å²) in [5.41, 5.74) is 1.75. The van der Waals surface area contributed by atoms with E-state index in [0.717, 1.165) is 41.3 Å². The fraction of sp³-hybridized carbons (Fsp3) is 0.143. The summed E-state index contributed by atoms with van der Waals surface area (Å²) in [6, 6.07) is 12.7. The molecule has 0 atom stereocenters. The summed E-state index contributed by atoms with van der Waals surface area (Å²) < 4.78 is 68.0. The van der Waals surface area contributed by atoms with Gasteiger partial charge in [-0.15, -0.1) is 19.8 Å². The number of allylic oxidation sites excluding steroid dienone is 1. The van der Waals surface area contributed by atoms with E-state index in [1.807, 2.05) is 24.3 Å². The van der Waals surface area contributed by atoms with Crippen molar-refractivity contribution in [1.82, 2.24) is 0 Å². The molecule has 1 nitrogen and oxygen atoms in total. The summed E-state index contributed by atoms with van der Waals surface area (Å²) >= 11 is 0. The van der Waals surface area contributed by atoms with Gasteiger partial charge in [-0.2, -0.15) is 0 Å². The lowest BCUT2D eigenvalue weighted by molar-refractivity contribution is -0.276. The van der Waals surface area contributed by atoms with Gasteiger partial charge in [-0.3, -0.25) is 0 Å². The Morgan fingerprint density at radius 2 is 1.48 bits per heavy atom. The van der Waals surface area contributed by atoms with Crippen molar-refractivity contribution in [2.24, 2.45) is 0 Å². The fourth-order valence-electron chi connectivity index (χ4n) is 2.84. The number of halogens is 5. The molecule has 3 rings (SSSR count). The highest BCUT2D eigenvalue weighted by Gasteiger charge is 2.34. The molecule has 0 saturated carbocycles. The first-order chi connectivity index (χ1) is 12.8. The molecule has 0 aliphatic rings. The maximum absolute atomic E-state index is 13.9. The second kappa shape index (κ2) is 7.39. The van der Waals surface area contributed by atoms with Crippen LogP contribution in [-0.2, 0) is 6.42 Å². The van der Waals surface area contributed by atoms with Crippen LogP contribution in [0.15, 0.2) is 61.2 Å². The zero-order valence-corrected chi connectivity index (χ0v) is 14.1. The van der Waals surface area contributed by atoms with E-state index in [9.17, 15) is 22.0 Å². The van der Waals surface area contributed by atoms with E-state index in [1.165, 1.54) is 0 Å². The predicted molar refractivity (Wildman–Crippen MR) is 94.5 cm³/mol. The number of ether oxygens (including phenoxy) is 1. The Morgan fingerprint density at radius 3 is 2.11 bits per heavy atom. The van der Waals surface area contributed by atoms with Crippen LogP contribution in [0, 0.1) is 11.6 Å². The van der Waals surface area contributed by atoms with Crippen LogP contribution in [0.3, 0.4) is 0 Å². The van der Waals surface area contributed by atoms with Gasteiger partial charge in [-0.1, -0.05) is 36.4 Å². The molecule has 0 bridgehead atoms. The third-order valence-electron chi connectivity index (χ3n) is 4.09. The van der Waals surface area contributed by atoms with Crippen LogP contribution in [0.2, 0.25) is 0 Å². The van der Waals surface area contributed by atoms with Crippen molar-refractivity contribution in [1.29, 1.82) is 0 Å². The highest BCUT2D eigenvalue weighted by atomic mass is 19.4. The first-order valence-corrected chi connectivity index (χ1v) is 8.15. The molecule has 0 unspecified atom stereocenters. The van der Waals surface area contributed by atoms with E-state index < -0.39 is 23.7 Å². The Balaban J connectivity index is 1.96. The minimum Gasteiger partial charge on any atom is -0.399 e. The first-order valence-electron chi connectivity index (χ1n) is 8.15. The summed E-state index contributed by atoms with van der Waals surface area (Å²) in [6.07, 6.45) is -1.62. The Labute approximate surface area is 152 Å². The van der Waals surface area contributed by atoms with Gasteiger partial charge in [-0.25, -0.2) is 8.78 Å². The van der Waals surface area contributed by atoms with Gasteiger partial charge in [0.25, 0.3) is 0 Å². The third kappa shape index (κ3) is 4.45. The van der Waals surface area contributed by atoms with Crippen molar-refractivity contribution < 1.29 is 26.7 Å². The monoisotopic (exact) mass is 378 g/mol. The maximum atomic E-state index is 13.9. The number of hydrogen-bond donors (Lipinski definition) is 0. The van der Waals surface area contributed by atoms with Crippen LogP contribution in [-0.4, -0.2) is 6.36 Å². The Bertz CT molecular complexity index is 969. The number of benzene rings is 3. The Kier molecular flexibility index (Phi) is 5.17. The van der Waals surface area contributed by atoms with Crippen molar-refractivity contribution >= 4 is 10.8 Å². The summed E-state index contributed by atoms with van der Waals surface area (Å²) in [5, 5.41) is 1.81. The molecule has 0 aliphatic carbocycles. The van der Waals surface area contributed by atoms with E-state index in [2.05, 4.69) is 11.3 Å². The molecule has 0 N–H and O–H groups in total. The molecule has 0 heterocycles. The molecule has 0 aliphatic heterocycles. The smallest absolute Gasteiger partial charge is 0.399 e. The molecule has 0 radical (unpaired) electrons. The minimum absolute atomic E-state index is 0.122. The van der Waals surface area contributed by atoms with Crippen molar-refractivity contribution in [3.05, 3.63) is 78.4 Å². The summed E-state index contributed by atoms with van der Waals surface area (Å²) in [5.74, 6) is -4.29. The molecule has 27 heavy (non-hydrogen) atoms. The zero-order chi connectivity index (χ0) is 19.6. The molecule has 0 saturated heterocycles. The van der Waals surface area contributed by atoms with Gasteiger partial charge in [0, 0.05) is 0 Å². The average Bonchev–Trinajstić information content (AvgIpc) is 2.61. The number of alkyl halides is 3. The van der Waals surface area contributed by atoms with E-state index in [0.29, 0.717) is 5.56 Å². The second-order valence-corrected chi connectivity index (χ2v) is 6.04. The topological polar surface area (TPSA) is 9.23 Å². The largest absolute Gasteiger partial charge is 0.573 e. The van der Waals surface area contributed by atoms with Crippen molar-refractivity contribution in [3.8, 4) is 16.9 Å². The lowest BCUT2D eigenvalue weighted by Gasteiger charge is -2.12. The molecular weight excluding hydrogens is 363 g/mol. The normalized spacial score (nSPS) is 11.6. The molecule has 3 aromatic rings. The van der Waals surface area contributed by atoms with Gasteiger partial charge >= 0.3 is 6.36 Å². The number of aryl methyl sites for hydroxylation is 1. The first kappa shape index (κ1) is 18.9. The molecule has 0 amide bonds. The van der Waals surface area contributed by atoms with Crippen LogP contribution in [0.25, 0.3) is 21.9 Å². The minimum atomic E-state index is -5.17. The maximum Gasteiger partial charge on any atom is 0.573 e. The lowest BCUT2D eigenvalue weighted by Crippen LogP contribution is -2.19. The zero-order valence-electron chi connectivity index (χ0n) is 14.1. The third-order valence-corrected chi connectivity index (χ3v) is 4.09. The van der Waals surface area contributed by atoms with Gasteiger partial charge < -0.3 is 4.74 Å². The molecule has 6 heteroatoms. The summed E-state index contributed by atoms with van der Waals surface area (Å²) in [7, 11) is 0. The van der Waals surface area contributed by atoms with E-state index >= 15 is 0 Å². The van der Waals surface area contributed by atoms with E-state index in [-0.39, 0.29) is 5.56 Å². The SMILES string of the molecule is C=CCCc1ccc2cc(-c3cc(F)c(OC(F)(F)F)c(F)c3)ccc2c1. The highest BCUT2D eigenvalue weighted by molar-refractivity contribution is 5.88. The average molecular weight is 378 g/mol. The molecular formula is C21H15F5O. The Hall–Kier alpha value is -2.89. The fourth-order valence-corrected chi connectivity index (χ4v) is 2.84. The number of rotatable bonds is 5. The standard InChI is InChI=1S/C21H15F5O/c1-2-3-4-13-5-6-15-10-16(8-7-14(15)9-13)17-11-18(22)20(19(23)12-17)27-21(24,25)26/h2,5-12H,1,3-4H2. The molecule has 140 valence electrons. The van der Waals surface area contributed by atoms with Crippen LogP contribution >= 0.6 is 0 Å². The van der Waals surface area contributed by atoms with Crippen LogP contribution < -0.4 is 4.74 Å². The van der Waals surface area contributed by atoms with Gasteiger partial charge in [0.05, 0.1) is 0 Å². The van der Waals surface area contributed by atoms with Crippen LogP contribution in [0.1, 0.15) is 12.0 Å². The van der Waals surface area contributed by atoms with Gasteiger partial charge in [0.1, 0.15) is 0 Å². The van der Waals surface area contributed by atoms with Crippen LogP contribution in [0.4, 0.5) is 22.0 Å². The van der Waals surface area contributed by atoms with E-state index in [1.54, 1.807) is 18.2 Å². The second-order valence-electron chi connectivity index (χ2n) is 6.04. The van der Waals surface area contributed by atoms with Crippen molar-refractivity contribution in [3.63, 3.8) is 0 Å². The lowest BCUT2D eigenvalue weighted by atomic mass is 9.98. The highest BCUT2D eigenvalue weighted by Crippen LogP contribution is 2.33. The number of hydrogen-bond acceptors (Lipinski definition) is 1. The predicted octanol–water partition coefficient (Wildman–Crippen LogP) is 6.80. The summed E-state index contributed by atoms with van der Waals surface area (Å²) in [4.78, 5) is 0. The molecule has 0 fully saturated rings. The van der Waals surface area contributed by atoms with Gasteiger partial charge in [-0.05, 0) is 58.5 Å². The van der Waals surface area contributed by atoms with Gasteiger partial charge in [0.2, 0.25) is 5.75 Å². The molecule has 3 aromatic carbocycles. The quantitative estimate of drug-likeness (QED) is 0.350. The van der Waals surface area contributed by atoms with Crippen LogP contribution in [0.5, 0.6) is 5.75 Å². The molecule has 0 spiro atoms. The van der Waals surface area contributed by atoms with Crippen molar-refractivity contribution in [2.75, 3.05) is 0 Å². The van der Waals surface area contributed by atoms with E-state index in [4.69, 9.17) is 0 Å². The van der Waals surface area contributed by atoms with Crippen molar-refractivity contribution in [2.45, 2.75) is 19.2 Å².